The Kier molecular flexibility index (Phi) is 3.80. The Hall–Kier alpha value is -1.06. The Bertz CT molecular complexity index is 340. The summed E-state index contributed by atoms with van der Waals surface area (Å²) in [6, 6.07) is 7.60. The molecule has 1 aliphatic rings. The van der Waals surface area contributed by atoms with Gasteiger partial charge in [-0.3, -0.25) is 0 Å². The molecular weight excluding hydrogens is 200 g/mol. The maximum atomic E-state index is 9.53. The normalized spacial score (nSPS) is 26.3. The van der Waals surface area contributed by atoms with Gasteiger partial charge in [0.05, 0.1) is 0 Å². The van der Waals surface area contributed by atoms with E-state index in [1.807, 2.05) is 12.1 Å². The fraction of sp³-hybridized carbons (Fsp3) is 0.538. The molecule has 88 valence electrons. The highest BCUT2D eigenvalue weighted by Gasteiger charge is 2.23. The third-order valence-electron chi connectivity index (χ3n) is 3.49. The molecule has 1 saturated heterocycles. The number of aromatic hydroxyl groups is 1. The molecule has 2 rings (SSSR count). The molecule has 0 bridgehead atoms. The minimum absolute atomic E-state index is 0.352. The molecule has 0 amide bonds. The van der Waals surface area contributed by atoms with Crippen LogP contribution in [0.5, 0.6) is 5.75 Å². The van der Waals surface area contributed by atoms with E-state index in [0.717, 1.165) is 32.5 Å². The van der Waals surface area contributed by atoms with Gasteiger partial charge in [-0.15, -0.1) is 0 Å². The first kappa shape index (κ1) is 11.4. The summed E-state index contributed by atoms with van der Waals surface area (Å²) in [7, 11) is 0. The van der Waals surface area contributed by atoms with Crippen molar-refractivity contribution < 1.29 is 5.11 Å². The van der Waals surface area contributed by atoms with Crippen LogP contribution in [0.25, 0.3) is 0 Å². The van der Waals surface area contributed by atoms with Gasteiger partial charge >= 0.3 is 0 Å². The van der Waals surface area contributed by atoms with Crippen LogP contribution in [0.15, 0.2) is 24.3 Å². The Morgan fingerprint density at radius 1 is 1.31 bits per heavy atom. The van der Waals surface area contributed by atoms with Gasteiger partial charge in [-0.2, -0.15) is 0 Å². The van der Waals surface area contributed by atoms with Crippen LogP contribution in [-0.4, -0.2) is 24.7 Å². The van der Waals surface area contributed by atoms with Crippen LogP contribution in [0.3, 0.4) is 0 Å². The number of nitrogens with one attached hydrogen (secondary N) is 1. The lowest BCUT2D eigenvalue weighted by atomic mass is 9.82. The zero-order chi connectivity index (χ0) is 11.4. The van der Waals surface area contributed by atoms with Gasteiger partial charge in [0, 0.05) is 0 Å². The van der Waals surface area contributed by atoms with Crippen LogP contribution in [0, 0.1) is 5.92 Å². The lowest BCUT2D eigenvalue weighted by Crippen LogP contribution is -2.22. The van der Waals surface area contributed by atoms with E-state index in [9.17, 15) is 5.11 Å². The molecule has 1 aromatic carbocycles. The minimum atomic E-state index is 0.352. The Labute approximate surface area is 96.7 Å². The molecule has 4 N–H and O–H groups in total. The number of benzene rings is 1. The van der Waals surface area contributed by atoms with Crippen LogP contribution in [0.2, 0.25) is 0 Å². The molecule has 1 fully saturated rings. The third-order valence-corrected chi connectivity index (χ3v) is 3.49. The fourth-order valence-corrected chi connectivity index (χ4v) is 2.58. The summed E-state index contributed by atoms with van der Waals surface area (Å²) in [6.45, 7) is 2.82. The average molecular weight is 220 g/mol. The van der Waals surface area contributed by atoms with Gasteiger partial charge in [-0.05, 0) is 62.0 Å². The Morgan fingerprint density at radius 2 is 2.12 bits per heavy atom. The zero-order valence-corrected chi connectivity index (χ0v) is 9.52. The summed E-state index contributed by atoms with van der Waals surface area (Å²) in [5.74, 6) is 1.36. The molecule has 3 heteroatoms. The van der Waals surface area contributed by atoms with Crippen LogP contribution in [0.4, 0.5) is 0 Å². The smallest absolute Gasteiger partial charge is 0.115 e. The van der Waals surface area contributed by atoms with Crippen molar-refractivity contribution in [3.8, 4) is 5.75 Å². The summed E-state index contributed by atoms with van der Waals surface area (Å²) in [5.41, 5.74) is 7.07. The first-order chi connectivity index (χ1) is 7.81. The number of hydrogen-bond donors (Lipinski definition) is 3. The molecule has 2 unspecified atom stereocenters. The van der Waals surface area contributed by atoms with Crippen molar-refractivity contribution in [2.24, 2.45) is 11.7 Å². The highest BCUT2D eigenvalue weighted by Crippen LogP contribution is 2.32. The molecule has 1 heterocycles. The van der Waals surface area contributed by atoms with Crippen molar-refractivity contribution >= 4 is 0 Å². The first-order valence-electron chi connectivity index (χ1n) is 6.01. The van der Waals surface area contributed by atoms with Gasteiger partial charge in [0.2, 0.25) is 0 Å². The quantitative estimate of drug-likeness (QED) is 0.706. The second kappa shape index (κ2) is 5.32. The summed E-state index contributed by atoms with van der Waals surface area (Å²) in [4.78, 5) is 0. The summed E-state index contributed by atoms with van der Waals surface area (Å²) in [6.07, 6.45) is 2.22. The van der Waals surface area contributed by atoms with Gasteiger partial charge in [0.1, 0.15) is 5.75 Å². The molecule has 0 aliphatic carbocycles. The monoisotopic (exact) mass is 220 g/mol. The van der Waals surface area contributed by atoms with E-state index < -0.39 is 0 Å². The number of phenolic OH excluding ortho intramolecular Hbond substituents is 1. The average Bonchev–Trinajstić information content (AvgIpc) is 2.53. The molecule has 0 radical (unpaired) electrons. The summed E-state index contributed by atoms with van der Waals surface area (Å²) in [5, 5.41) is 12.9. The highest BCUT2D eigenvalue weighted by molar-refractivity contribution is 5.30. The maximum absolute atomic E-state index is 9.53. The van der Waals surface area contributed by atoms with Crippen molar-refractivity contribution in [3.63, 3.8) is 0 Å². The van der Waals surface area contributed by atoms with Crippen LogP contribution < -0.4 is 11.1 Å². The number of phenols is 1. The van der Waals surface area contributed by atoms with Crippen molar-refractivity contribution in [1.29, 1.82) is 0 Å². The molecule has 0 aromatic heterocycles. The zero-order valence-electron chi connectivity index (χ0n) is 9.52. The predicted octanol–water partition coefficient (Wildman–Crippen LogP) is 1.43. The van der Waals surface area contributed by atoms with Crippen LogP contribution >= 0.6 is 0 Å². The van der Waals surface area contributed by atoms with Gasteiger partial charge in [-0.25, -0.2) is 0 Å². The molecule has 16 heavy (non-hydrogen) atoms. The lowest BCUT2D eigenvalue weighted by Gasteiger charge is -2.23. The fourth-order valence-electron chi connectivity index (χ4n) is 2.58. The van der Waals surface area contributed by atoms with E-state index in [4.69, 9.17) is 5.73 Å². The number of nitrogens with two attached hydrogens (primary N) is 1. The predicted molar refractivity (Wildman–Crippen MR) is 65.5 cm³/mol. The molecule has 1 aromatic rings. The Morgan fingerprint density at radius 3 is 2.88 bits per heavy atom. The van der Waals surface area contributed by atoms with E-state index in [-0.39, 0.29) is 0 Å². The van der Waals surface area contributed by atoms with E-state index >= 15 is 0 Å². The molecule has 3 nitrogen and oxygen atoms in total. The van der Waals surface area contributed by atoms with E-state index in [2.05, 4.69) is 11.4 Å². The molecule has 0 saturated carbocycles. The SMILES string of the molecule is NCC1CCNCCC1c1cccc(O)c1. The van der Waals surface area contributed by atoms with Crippen LogP contribution in [-0.2, 0) is 0 Å². The standard InChI is InChI=1S/C13H20N2O/c14-9-11-4-6-15-7-5-13(11)10-2-1-3-12(16)8-10/h1-3,8,11,13,15-16H,4-7,9,14H2. The van der Waals surface area contributed by atoms with Crippen molar-refractivity contribution in [3.05, 3.63) is 29.8 Å². The summed E-state index contributed by atoms with van der Waals surface area (Å²) < 4.78 is 0. The van der Waals surface area contributed by atoms with E-state index in [1.54, 1.807) is 6.07 Å². The molecule has 2 atom stereocenters. The van der Waals surface area contributed by atoms with Crippen LogP contribution in [0.1, 0.15) is 24.3 Å². The van der Waals surface area contributed by atoms with Gasteiger partial charge in [0.15, 0.2) is 0 Å². The van der Waals surface area contributed by atoms with Gasteiger partial charge in [-0.1, -0.05) is 12.1 Å². The third kappa shape index (κ3) is 2.54. The lowest BCUT2D eigenvalue weighted by molar-refractivity contribution is 0.416. The first-order valence-corrected chi connectivity index (χ1v) is 6.01. The second-order valence-electron chi connectivity index (χ2n) is 4.52. The van der Waals surface area contributed by atoms with Gasteiger partial charge in [0.25, 0.3) is 0 Å². The maximum Gasteiger partial charge on any atom is 0.115 e. The second-order valence-corrected chi connectivity index (χ2v) is 4.52. The largest absolute Gasteiger partial charge is 0.508 e. The number of hydrogen-bond acceptors (Lipinski definition) is 3. The van der Waals surface area contributed by atoms with Gasteiger partial charge < -0.3 is 16.2 Å². The Balaban J connectivity index is 2.21. The van der Waals surface area contributed by atoms with E-state index in [0.29, 0.717) is 17.6 Å². The number of rotatable bonds is 2. The highest BCUT2D eigenvalue weighted by atomic mass is 16.3. The molecule has 1 aliphatic heterocycles. The topological polar surface area (TPSA) is 58.3 Å². The van der Waals surface area contributed by atoms with Crippen molar-refractivity contribution in [1.82, 2.24) is 5.32 Å². The molecule has 0 spiro atoms. The summed E-state index contributed by atoms with van der Waals surface area (Å²) >= 11 is 0. The van der Waals surface area contributed by atoms with Crippen molar-refractivity contribution in [2.75, 3.05) is 19.6 Å². The minimum Gasteiger partial charge on any atom is -0.508 e. The molecular formula is C13H20N2O. The van der Waals surface area contributed by atoms with Crippen molar-refractivity contribution in [2.45, 2.75) is 18.8 Å². The van der Waals surface area contributed by atoms with E-state index in [1.165, 1.54) is 5.56 Å².